The molecule has 0 aliphatic carbocycles. The highest BCUT2D eigenvalue weighted by atomic mass is 15.0. The predicted molar refractivity (Wildman–Crippen MR) is 275 cm³/mol. The molecule has 0 atom stereocenters. The minimum Gasteiger partial charge on any atom is -0.309 e. The van der Waals surface area contributed by atoms with Crippen LogP contribution >= 0.6 is 0 Å². The molecule has 0 aliphatic heterocycles. The molecule has 14 rings (SSSR count). The van der Waals surface area contributed by atoms with E-state index in [1.165, 1.54) is 59.5 Å². The predicted octanol–water partition coefficient (Wildman–Crippen LogP) is 15.7. The van der Waals surface area contributed by atoms with E-state index in [4.69, 9.17) is 15.0 Å². The average Bonchev–Trinajstić information content (AvgIpc) is 3.90. The van der Waals surface area contributed by atoms with Crippen LogP contribution in [0.5, 0.6) is 0 Å². The van der Waals surface area contributed by atoms with Gasteiger partial charge >= 0.3 is 0 Å². The molecule has 3 aromatic heterocycles. The van der Waals surface area contributed by atoms with Crippen molar-refractivity contribution in [2.45, 2.75) is 0 Å². The number of benzene rings is 11. The van der Waals surface area contributed by atoms with Gasteiger partial charge < -0.3 is 9.13 Å². The van der Waals surface area contributed by atoms with E-state index >= 15 is 0 Å². The standard InChI is InChI=1S/C61H37N5/c1-2-15-41(16-3-1)59-62-60(44-26-25-38-13-4-5-17-42(38)33-44)64-61(63-59)50-22-12-18-40-27-30-47(37-52(40)50)66-54-23-10-8-20-49(54)53-35-45-34-46(31-28-43(45)36-57(53)66)65-55-24-11-9-21-51(55)58-48-19-7-6-14-39(48)29-32-56(58)65/h1-37H. The molecule has 0 spiro atoms. The van der Waals surface area contributed by atoms with Gasteiger partial charge in [-0.2, -0.15) is 0 Å². The molecule has 0 saturated heterocycles. The Hall–Kier alpha value is -8.93. The highest BCUT2D eigenvalue weighted by molar-refractivity contribution is 6.21. The normalized spacial score (nSPS) is 11.9. The van der Waals surface area contributed by atoms with Gasteiger partial charge in [-0.15, -0.1) is 0 Å². The summed E-state index contributed by atoms with van der Waals surface area (Å²) in [4.78, 5) is 15.5. The third kappa shape index (κ3) is 5.63. The summed E-state index contributed by atoms with van der Waals surface area (Å²) in [5.74, 6) is 1.91. The fourth-order valence-electron chi connectivity index (χ4n) is 10.4. The number of para-hydroxylation sites is 2. The molecule has 0 N–H and O–H groups in total. The van der Waals surface area contributed by atoms with E-state index in [1.54, 1.807) is 0 Å². The van der Waals surface area contributed by atoms with Crippen LogP contribution in [-0.2, 0) is 0 Å². The molecular weight excluding hydrogens is 803 g/mol. The quantitative estimate of drug-likeness (QED) is 0.173. The third-order valence-corrected chi connectivity index (χ3v) is 13.5. The zero-order valence-corrected chi connectivity index (χ0v) is 35.6. The topological polar surface area (TPSA) is 48.5 Å². The Bertz CT molecular complexity index is 4290. The Morgan fingerprint density at radius 3 is 1.68 bits per heavy atom. The largest absolute Gasteiger partial charge is 0.309 e. The first-order valence-corrected chi connectivity index (χ1v) is 22.4. The van der Waals surface area contributed by atoms with Crippen molar-refractivity contribution in [3.63, 3.8) is 0 Å². The highest BCUT2D eigenvalue weighted by Gasteiger charge is 2.19. The summed E-state index contributed by atoms with van der Waals surface area (Å²) in [5, 5.41) is 14.4. The number of rotatable bonds is 5. The minimum atomic E-state index is 0.634. The number of nitrogens with zero attached hydrogens (tertiary/aromatic N) is 5. The molecule has 306 valence electrons. The number of aromatic nitrogens is 5. The van der Waals surface area contributed by atoms with Crippen LogP contribution in [0.2, 0.25) is 0 Å². The van der Waals surface area contributed by atoms with Crippen LogP contribution in [-0.4, -0.2) is 24.1 Å². The van der Waals surface area contributed by atoms with Crippen LogP contribution in [0.25, 0.3) is 132 Å². The fraction of sp³-hybridized carbons (Fsp3) is 0. The SMILES string of the molecule is c1ccc(-c2nc(-c3ccc4ccccc4c3)nc(-c3cccc4ccc(-n5c6ccccc6c6cc7cc(-n8c9ccccc9c9c%10ccccc%10ccc98)ccc7cc65)cc34)n2)cc1. The van der Waals surface area contributed by atoms with Crippen LogP contribution in [0, 0.1) is 0 Å². The monoisotopic (exact) mass is 839 g/mol. The second-order valence-corrected chi connectivity index (χ2v) is 17.2. The van der Waals surface area contributed by atoms with Crippen LogP contribution < -0.4 is 0 Å². The number of hydrogen-bond donors (Lipinski definition) is 0. The van der Waals surface area contributed by atoms with E-state index in [0.717, 1.165) is 55.3 Å². The Labute approximate surface area is 379 Å². The molecule has 0 saturated carbocycles. The maximum atomic E-state index is 5.22. The van der Waals surface area contributed by atoms with Gasteiger partial charge in [-0.05, 0) is 104 Å². The van der Waals surface area contributed by atoms with Gasteiger partial charge in [0.05, 0.1) is 22.1 Å². The molecule has 14 aromatic rings. The zero-order chi connectivity index (χ0) is 43.3. The summed E-state index contributed by atoms with van der Waals surface area (Å²) >= 11 is 0. The molecule has 5 heteroatoms. The maximum absolute atomic E-state index is 5.22. The van der Waals surface area contributed by atoms with Gasteiger partial charge in [-0.3, -0.25) is 0 Å². The summed E-state index contributed by atoms with van der Waals surface area (Å²) < 4.78 is 4.84. The van der Waals surface area contributed by atoms with E-state index in [0.29, 0.717) is 17.5 Å². The highest BCUT2D eigenvalue weighted by Crippen LogP contribution is 2.40. The van der Waals surface area contributed by atoms with E-state index in [-0.39, 0.29) is 0 Å². The van der Waals surface area contributed by atoms with E-state index in [1.807, 2.05) is 18.2 Å². The van der Waals surface area contributed by atoms with Crippen molar-refractivity contribution in [1.82, 2.24) is 24.1 Å². The van der Waals surface area contributed by atoms with Gasteiger partial charge in [0.2, 0.25) is 0 Å². The fourth-order valence-corrected chi connectivity index (χ4v) is 10.4. The molecule has 11 aromatic carbocycles. The van der Waals surface area contributed by atoms with Crippen molar-refractivity contribution >= 4 is 86.7 Å². The summed E-state index contributed by atoms with van der Waals surface area (Å²) in [6.45, 7) is 0. The van der Waals surface area contributed by atoms with E-state index < -0.39 is 0 Å². The lowest BCUT2D eigenvalue weighted by Gasteiger charge is -2.13. The van der Waals surface area contributed by atoms with Gasteiger partial charge in [0.1, 0.15) is 0 Å². The lowest BCUT2D eigenvalue weighted by Crippen LogP contribution is -2.01. The van der Waals surface area contributed by atoms with Crippen LogP contribution in [0.4, 0.5) is 0 Å². The number of hydrogen-bond acceptors (Lipinski definition) is 3. The second-order valence-electron chi connectivity index (χ2n) is 17.2. The van der Waals surface area contributed by atoms with Crippen molar-refractivity contribution in [2.75, 3.05) is 0 Å². The second kappa shape index (κ2) is 14.3. The molecule has 0 aliphatic rings. The van der Waals surface area contributed by atoms with Gasteiger partial charge in [0.15, 0.2) is 17.5 Å². The summed E-state index contributed by atoms with van der Waals surface area (Å²) in [5.41, 5.74) is 9.78. The zero-order valence-electron chi connectivity index (χ0n) is 35.6. The first-order chi connectivity index (χ1) is 32.7. The molecular formula is C61H37N5. The van der Waals surface area contributed by atoms with Crippen LogP contribution in [0.1, 0.15) is 0 Å². The van der Waals surface area contributed by atoms with Crippen molar-refractivity contribution < 1.29 is 0 Å². The molecule has 5 nitrogen and oxygen atoms in total. The summed E-state index contributed by atoms with van der Waals surface area (Å²) in [6, 6.07) is 80.6. The molecule has 3 heterocycles. The van der Waals surface area contributed by atoms with Gasteiger partial charge in [0, 0.05) is 49.6 Å². The first-order valence-electron chi connectivity index (χ1n) is 22.4. The van der Waals surface area contributed by atoms with Crippen LogP contribution in [0.3, 0.4) is 0 Å². The average molecular weight is 840 g/mol. The Balaban J connectivity index is 0.944. The van der Waals surface area contributed by atoms with Crippen molar-refractivity contribution in [3.8, 4) is 45.5 Å². The Morgan fingerprint density at radius 1 is 0.258 bits per heavy atom. The number of fused-ring (bicyclic) bond motifs is 11. The van der Waals surface area contributed by atoms with Crippen molar-refractivity contribution in [2.24, 2.45) is 0 Å². The lowest BCUT2D eigenvalue weighted by atomic mass is 10.0. The summed E-state index contributed by atoms with van der Waals surface area (Å²) in [7, 11) is 0. The smallest absolute Gasteiger partial charge is 0.164 e. The molecule has 0 radical (unpaired) electrons. The van der Waals surface area contributed by atoms with E-state index in [9.17, 15) is 0 Å². The minimum absolute atomic E-state index is 0.634. The van der Waals surface area contributed by atoms with Gasteiger partial charge in [-0.1, -0.05) is 164 Å². The molecule has 0 bridgehead atoms. The molecule has 0 unspecified atom stereocenters. The van der Waals surface area contributed by atoms with E-state index in [2.05, 4.69) is 215 Å². The lowest BCUT2D eigenvalue weighted by molar-refractivity contribution is 1.08. The third-order valence-electron chi connectivity index (χ3n) is 13.5. The van der Waals surface area contributed by atoms with Gasteiger partial charge in [-0.25, -0.2) is 15.0 Å². The van der Waals surface area contributed by atoms with Crippen molar-refractivity contribution in [1.29, 1.82) is 0 Å². The Kier molecular flexibility index (Phi) is 7.91. The molecule has 66 heavy (non-hydrogen) atoms. The van der Waals surface area contributed by atoms with Crippen LogP contribution in [0.15, 0.2) is 224 Å². The maximum Gasteiger partial charge on any atom is 0.164 e. The van der Waals surface area contributed by atoms with Crippen molar-refractivity contribution in [3.05, 3.63) is 224 Å². The molecule has 0 amide bonds. The van der Waals surface area contributed by atoms with Gasteiger partial charge in [0.25, 0.3) is 0 Å². The first kappa shape index (κ1) is 36.5. The summed E-state index contributed by atoms with van der Waals surface area (Å²) in [6.07, 6.45) is 0. The molecule has 0 fully saturated rings. The Morgan fingerprint density at radius 2 is 0.833 bits per heavy atom.